The van der Waals surface area contributed by atoms with Gasteiger partial charge < -0.3 is 26.0 Å². The van der Waals surface area contributed by atoms with Crippen LogP contribution in [0.25, 0.3) is 0 Å². The lowest BCUT2D eigenvalue weighted by Gasteiger charge is -2.35. The summed E-state index contributed by atoms with van der Waals surface area (Å²) in [6.07, 6.45) is 3.67. The maximum atomic E-state index is 13.9. The topological polar surface area (TPSA) is 155 Å². The standard InChI is InChI=1S/C28H41N5O5/c1-18-11-12-21(19(2)17-18)24(25(35)31-20-9-7-6-8-10-20)33(16-15-29)26(36)22(13-14-23(30)34)32-27(37)38-28(3,4)5/h11-12,17,20,22,24H,6-10,13-14,16H2,1-5H3,(H2,30,34)(H,31,35)(H,32,37). The minimum absolute atomic E-state index is 0.0194. The zero-order valence-corrected chi connectivity index (χ0v) is 23.1. The molecule has 0 bridgehead atoms. The molecule has 1 aliphatic rings. The summed E-state index contributed by atoms with van der Waals surface area (Å²) in [5, 5.41) is 15.3. The molecule has 4 amide bonds. The fraction of sp³-hybridized carbons (Fsp3) is 0.607. The smallest absolute Gasteiger partial charge is 0.408 e. The molecule has 0 heterocycles. The number of nitrogens with zero attached hydrogens (tertiary/aromatic N) is 2. The number of ether oxygens (including phenoxy) is 1. The zero-order chi connectivity index (χ0) is 28.5. The van der Waals surface area contributed by atoms with Crippen molar-refractivity contribution in [2.45, 2.75) is 103 Å². The van der Waals surface area contributed by atoms with E-state index in [1.165, 1.54) is 4.90 Å². The first-order valence-electron chi connectivity index (χ1n) is 13.1. The van der Waals surface area contributed by atoms with Gasteiger partial charge in [0.1, 0.15) is 24.2 Å². The van der Waals surface area contributed by atoms with Crippen LogP contribution in [0.15, 0.2) is 18.2 Å². The number of primary amides is 1. The normalized spacial score (nSPS) is 15.5. The third-order valence-electron chi connectivity index (χ3n) is 6.42. The minimum Gasteiger partial charge on any atom is -0.444 e. The van der Waals surface area contributed by atoms with Crippen molar-refractivity contribution in [1.29, 1.82) is 5.26 Å². The summed E-state index contributed by atoms with van der Waals surface area (Å²) in [6.45, 7) is 8.41. The van der Waals surface area contributed by atoms with E-state index < -0.39 is 48.0 Å². The number of hydrogen-bond donors (Lipinski definition) is 3. The Kier molecular flexibility index (Phi) is 11.1. The largest absolute Gasteiger partial charge is 0.444 e. The van der Waals surface area contributed by atoms with Gasteiger partial charge in [0.2, 0.25) is 17.7 Å². The first-order chi connectivity index (χ1) is 17.8. The molecule has 0 aromatic heterocycles. The minimum atomic E-state index is -1.23. The van der Waals surface area contributed by atoms with Gasteiger partial charge in [-0.15, -0.1) is 0 Å². The number of carbonyl (C=O) groups excluding carboxylic acids is 4. The van der Waals surface area contributed by atoms with Gasteiger partial charge >= 0.3 is 6.09 Å². The van der Waals surface area contributed by atoms with Crippen LogP contribution in [0.4, 0.5) is 4.79 Å². The molecule has 2 rings (SSSR count). The second kappa shape index (κ2) is 13.8. The highest BCUT2D eigenvalue weighted by atomic mass is 16.6. The highest BCUT2D eigenvalue weighted by Crippen LogP contribution is 2.28. The summed E-state index contributed by atoms with van der Waals surface area (Å²) in [7, 11) is 0. The Morgan fingerprint density at radius 3 is 2.37 bits per heavy atom. The zero-order valence-electron chi connectivity index (χ0n) is 23.1. The molecule has 1 aromatic rings. The van der Waals surface area contributed by atoms with E-state index in [0.29, 0.717) is 5.56 Å². The Morgan fingerprint density at radius 2 is 1.82 bits per heavy atom. The molecular weight excluding hydrogens is 486 g/mol. The molecular formula is C28H41N5O5. The molecule has 4 N–H and O–H groups in total. The van der Waals surface area contributed by atoms with E-state index in [-0.39, 0.29) is 18.9 Å². The molecule has 1 saturated carbocycles. The molecule has 1 fully saturated rings. The molecule has 0 radical (unpaired) electrons. The Bertz CT molecular complexity index is 1050. The molecule has 0 aliphatic heterocycles. The third-order valence-corrected chi connectivity index (χ3v) is 6.42. The van der Waals surface area contributed by atoms with Crippen molar-refractivity contribution in [3.05, 3.63) is 34.9 Å². The van der Waals surface area contributed by atoms with Gasteiger partial charge in [-0.1, -0.05) is 43.0 Å². The maximum absolute atomic E-state index is 13.9. The monoisotopic (exact) mass is 527 g/mol. The van der Waals surface area contributed by atoms with Crippen LogP contribution in [0.3, 0.4) is 0 Å². The van der Waals surface area contributed by atoms with E-state index in [4.69, 9.17) is 10.5 Å². The van der Waals surface area contributed by atoms with Crippen LogP contribution < -0.4 is 16.4 Å². The fourth-order valence-electron chi connectivity index (χ4n) is 4.68. The Morgan fingerprint density at radius 1 is 1.16 bits per heavy atom. The SMILES string of the molecule is Cc1ccc(C(C(=O)NC2CCCCC2)N(CC#N)C(=O)C(CCC(N)=O)NC(=O)OC(C)(C)C)c(C)c1. The summed E-state index contributed by atoms with van der Waals surface area (Å²) in [6, 6.07) is 5.17. The Hall–Kier alpha value is -3.61. The Labute approximate surface area is 225 Å². The van der Waals surface area contributed by atoms with Crippen molar-refractivity contribution < 1.29 is 23.9 Å². The molecule has 2 unspecified atom stereocenters. The lowest BCUT2D eigenvalue weighted by Crippen LogP contribution is -2.54. The van der Waals surface area contributed by atoms with Crippen LogP contribution >= 0.6 is 0 Å². The lowest BCUT2D eigenvalue weighted by atomic mass is 9.93. The van der Waals surface area contributed by atoms with E-state index in [0.717, 1.165) is 43.2 Å². The van der Waals surface area contributed by atoms with Gasteiger partial charge in [0.15, 0.2) is 0 Å². The first kappa shape index (κ1) is 30.6. The van der Waals surface area contributed by atoms with Crippen molar-refractivity contribution in [1.82, 2.24) is 15.5 Å². The average molecular weight is 528 g/mol. The molecule has 10 nitrogen and oxygen atoms in total. The van der Waals surface area contributed by atoms with Crippen molar-refractivity contribution >= 4 is 23.8 Å². The molecule has 0 saturated heterocycles. The van der Waals surface area contributed by atoms with Gasteiger partial charge in [-0.3, -0.25) is 14.4 Å². The predicted molar refractivity (Wildman–Crippen MR) is 143 cm³/mol. The molecule has 1 aliphatic carbocycles. The van der Waals surface area contributed by atoms with Crippen molar-refractivity contribution in [2.24, 2.45) is 5.73 Å². The number of hydrogen-bond acceptors (Lipinski definition) is 6. The Balaban J connectivity index is 2.48. The van der Waals surface area contributed by atoms with Crippen LogP contribution in [0.5, 0.6) is 0 Å². The highest BCUT2D eigenvalue weighted by molar-refractivity contribution is 5.93. The molecule has 2 atom stereocenters. The number of nitrogens with one attached hydrogen (secondary N) is 2. The first-order valence-corrected chi connectivity index (χ1v) is 13.1. The number of alkyl carbamates (subject to hydrolysis) is 1. The highest BCUT2D eigenvalue weighted by Gasteiger charge is 2.37. The van der Waals surface area contributed by atoms with Gasteiger partial charge in [0, 0.05) is 12.5 Å². The molecule has 10 heteroatoms. The van der Waals surface area contributed by atoms with Crippen LogP contribution in [-0.4, -0.2) is 52.9 Å². The summed E-state index contributed by atoms with van der Waals surface area (Å²) in [5.41, 5.74) is 6.86. The van der Waals surface area contributed by atoms with Crippen molar-refractivity contribution in [2.75, 3.05) is 6.54 Å². The third kappa shape index (κ3) is 9.36. The van der Waals surface area contributed by atoms with E-state index in [1.54, 1.807) is 26.8 Å². The lowest BCUT2D eigenvalue weighted by molar-refractivity contribution is -0.142. The van der Waals surface area contributed by atoms with E-state index in [2.05, 4.69) is 10.6 Å². The second-order valence-corrected chi connectivity index (χ2v) is 10.9. The molecule has 0 spiro atoms. The summed E-state index contributed by atoms with van der Waals surface area (Å²) in [5.74, 6) is -1.72. The summed E-state index contributed by atoms with van der Waals surface area (Å²) in [4.78, 5) is 52.9. The number of nitriles is 1. The van der Waals surface area contributed by atoms with E-state index in [1.807, 2.05) is 32.0 Å². The molecule has 1 aromatic carbocycles. The number of benzene rings is 1. The summed E-state index contributed by atoms with van der Waals surface area (Å²) < 4.78 is 5.31. The van der Waals surface area contributed by atoms with Crippen LogP contribution in [0.1, 0.15) is 88.4 Å². The van der Waals surface area contributed by atoms with Gasteiger partial charge in [-0.25, -0.2) is 4.79 Å². The molecule has 38 heavy (non-hydrogen) atoms. The van der Waals surface area contributed by atoms with Gasteiger partial charge in [0.25, 0.3) is 0 Å². The van der Waals surface area contributed by atoms with Gasteiger partial charge in [-0.2, -0.15) is 5.26 Å². The molecule has 208 valence electrons. The van der Waals surface area contributed by atoms with Gasteiger partial charge in [-0.05, 0) is 65.0 Å². The van der Waals surface area contributed by atoms with Crippen molar-refractivity contribution in [3.63, 3.8) is 0 Å². The fourth-order valence-corrected chi connectivity index (χ4v) is 4.68. The van der Waals surface area contributed by atoms with Crippen molar-refractivity contribution in [3.8, 4) is 6.07 Å². The number of nitrogens with two attached hydrogens (primary N) is 1. The number of carbonyl (C=O) groups is 4. The van der Waals surface area contributed by atoms with Gasteiger partial charge in [0.05, 0.1) is 6.07 Å². The number of amides is 4. The second-order valence-electron chi connectivity index (χ2n) is 10.9. The number of rotatable bonds is 10. The number of aryl methyl sites for hydroxylation is 2. The maximum Gasteiger partial charge on any atom is 0.408 e. The predicted octanol–water partition coefficient (Wildman–Crippen LogP) is 3.30. The van der Waals surface area contributed by atoms with Crippen LogP contribution in [-0.2, 0) is 19.1 Å². The van der Waals surface area contributed by atoms with Crippen LogP contribution in [0, 0.1) is 25.2 Å². The average Bonchev–Trinajstić information content (AvgIpc) is 2.81. The van der Waals surface area contributed by atoms with E-state index >= 15 is 0 Å². The summed E-state index contributed by atoms with van der Waals surface area (Å²) >= 11 is 0. The van der Waals surface area contributed by atoms with Crippen LogP contribution in [0.2, 0.25) is 0 Å². The van der Waals surface area contributed by atoms with E-state index in [9.17, 15) is 24.4 Å². The quantitative estimate of drug-likeness (QED) is 0.397.